The van der Waals surface area contributed by atoms with Crippen LogP contribution in [0.25, 0.3) is 0 Å². The number of carbonyl (C=O) groups is 1. The summed E-state index contributed by atoms with van der Waals surface area (Å²) < 4.78 is 35.7. The van der Waals surface area contributed by atoms with Crippen LogP contribution in [0.4, 0.5) is 8.78 Å². The fourth-order valence-electron chi connectivity index (χ4n) is 1.64. The fourth-order valence-corrected chi connectivity index (χ4v) is 1.64. The first kappa shape index (κ1) is 14.3. The quantitative estimate of drug-likeness (QED) is 0.785. The van der Waals surface area contributed by atoms with Gasteiger partial charge in [0.2, 0.25) is 0 Å². The largest absolute Gasteiger partial charge is 0.480 e. The summed E-state index contributed by atoms with van der Waals surface area (Å²) in [6.07, 6.45) is -4.01. The molecule has 1 unspecified atom stereocenters. The van der Waals surface area contributed by atoms with E-state index in [1.54, 1.807) is 4.90 Å². The Kier molecular flexibility index (Phi) is 4.79. The highest BCUT2D eigenvalue weighted by Crippen LogP contribution is 2.26. The van der Waals surface area contributed by atoms with Gasteiger partial charge in [-0.1, -0.05) is 0 Å². The molecule has 1 rings (SSSR count). The zero-order valence-electron chi connectivity index (χ0n) is 9.86. The first-order valence-electron chi connectivity index (χ1n) is 5.39. The number of aliphatic carboxylic acids is 1. The summed E-state index contributed by atoms with van der Waals surface area (Å²) in [5.74, 6) is -1.13. The lowest BCUT2D eigenvalue weighted by Crippen LogP contribution is -2.54. The van der Waals surface area contributed by atoms with E-state index >= 15 is 0 Å². The van der Waals surface area contributed by atoms with Crippen molar-refractivity contribution in [3.63, 3.8) is 0 Å². The average molecular weight is 253 g/mol. The van der Waals surface area contributed by atoms with E-state index < -0.39 is 31.3 Å². The summed E-state index contributed by atoms with van der Waals surface area (Å²) in [7, 11) is 0. The summed E-state index contributed by atoms with van der Waals surface area (Å²) in [5.41, 5.74) is 0. The predicted molar refractivity (Wildman–Crippen MR) is 55.0 cm³/mol. The Labute approximate surface area is 98.3 Å². The van der Waals surface area contributed by atoms with E-state index in [9.17, 15) is 13.6 Å². The molecule has 5 nitrogen and oxygen atoms in total. The number of halogens is 2. The molecule has 0 bridgehead atoms. The minimum absolute atomic E-state index is 0.0215. The van der Waals surface area contributed by atoms with E-state index in [2.05, 4.69) is 4.74 Å². The normalized spacial score (nSPS) is 25.1. The molecule has 1 fully saturated rings. The van der Waals surface area contributed by atoms with Crippen LogP contribution in [0.5, 0.6) is 0 Å². The van der Waals surface area contributed by atoms with Crippen LogP contribution in [0.1, 0.15) is 13.8 Å². The van der Waals surface area contributed by atoms with Crippen molar-refractivity contribution >= 4 is 5.97 Å². The highest BCUT2D eigenvalue weighted by molar-refractivity contribution is 5.67. The van der Waals surface area contributed by atoms with Crippen molar-refractivity contribution in [3.05, 3.63) is 0 Å². The van der Waals surface area contributed by atoms with Gasteiger partial charge in [0.25, 0.3) is 0 Å². The Morgan fingerprint density at radius 2 is 2.29 bits per heavy atom. The van der Waals surface area contributed by atoms with Crippen molar-refractivity contribution in [1.82, 2.24) is 4.90 Å². The maximum absolute atomic E-state index is 13.2. The van der Waals surface area contributed by atoms with Crippen LogP contribution < -0.4 is 0 Å². The predicted octanol–water partition coefficient (Wildman–Crippen LogP) is 0.790. The number of nitrogens with zero attached hydrogens (tertiary/aromatic N) is 1. The van der Waals surface area contributed by atoms with Crippen LogP contribution in [0.3, 0.4) is 0 Å². The van der Waals surface area contributed by atoms with E-state index in [1.165, 1.54) is 0 Å². The molecule has 0 aromatic carbocycles. The van der Waals surface area contributed by atoms with Gasteiger partial charge in [-0.2, -0.15) is 8.78 Å². The molecule has 1 aliphatic heterocycles. The van der Waals surface area contributed by atoms with E-state index in [-0.39, 0.29) is 12.6 Å². The zero-order valence-corrected chi connectivity index (χ0v) is 9.86. The lowest BCUT2D eigenvalue weighted by atomic mass is 10.2. The van der Waals surface area contributed by atoms with Crippen molar-refractivity contribution in [2.45, 2.75) is 32.1 Å². The van der Waals surface area contributed by atoms with Crippen molar-refractivity contribution in [1.29, 1.82) is 0 Å². The molecule has 7 heteroatoms. The molecule has 1 N–H and O–H groups in total. The maximum atomic E-state index is 13.2. The van der Waals surface area contributed by atoms with Gasteiger partial charge < -0.3 is 14.6 Å². The van der Waals surface area contributed by atoms with Gasteiger partial charge in [-0.15, -0.1) is 0 Å². The summed E-state index contributed by atoms with van der Waals surface area (Å²) in [6.45, 7) is 2.85. The van der Waals surface area contributed by atoms with E-state index in [4.69, 9.17) is 9.84 Å². The smallest absolute Gasteiger partial charge is 0.368 e. The van der Waals surface area contributed by atoms with Gasteiger partial charge in [0.05, 0.1) is 19.3 Å². The molecule has 1 aliphatic rings. The van der Waals surface area contributed by atoms with Crippen molar-refractivity contribution < 1.29 is 28.2 Å². The lowest BCUT2D eigenvalue weighted by Gasteiger charge is -2.39. The van der Waals surface area contributed by atoms with Crippen molar-refractivity contribution in [2.75, 3.05) is 26.3 Å². The SMILES string of the molecule is CC(C)N1CC(COCC(=O)O)OC(F)(F)C1. The molecule has 0 radical (unpaired) electrons. The van der Waals surface area contributed by atoms with Gasteiger partial charge in [0, 0.05) is 12.6 Å². The fraction of sp³-hybridized carbons (Fsp3) is 0.900. The Balaban J connectivity index is 2.46. The maximum Gasteiger partial charge on any atom is 0.368 e. The molecule has 0 aliphatic carbocycles. The molecule has 100 valence electrons. The molecule has 0 aromatic heterocycles. The number of alkyl halides is 2. The molecule has 1 atom stereocenters. The number of morpholine rings is 1. The molecule has 0 amide bonds. The third-order valence-corrected chi connectivity index (χ3v) is 2.42. The summed E-state index contributed by atoms with van der Waals surface area (Å²) in [6, 6.07) is -0.0215. The highest BCUT2D eigenvalue weighted by Gasteiger charge is 2.42. The monoisotopic (exact) mass is 253 g/mol. The first-order chi connectivity index (χ1) is 7.80. The second-order valence-electron chi connectivity index (χ2n) is 4.31. The molecule has 0 spiro atoms. The number of hydrogen-bond donors (Lipinski definition) is 1. The van der Waals surface area contributed by atoms with Gasteiger partial charge in [-0.05, 0) is 13.8 Å². The third kappa shape index (κ3) is 4.93. The van der Waals surface area contributed by atoms with E-state index in [0.717, 1.165) is 0 Å². The second-order valence-corrected chi connectivity index (χ2v) is 4.31. The van der Waals surface area contributed by atoms with Gasteiger partial charge in [0.1, 0.15) is 6.61 Å². The Morgan fingerprint density at radius 1 is 1.65 bits per heavy atom. The average Bonchev–Trinajstić information content (AvgIpc) is 2.14. The Hall–Kier alpha value is -0.790. The topological polar surface area (TPSA) is 59.0 Å². The van der Waals surface area contributed by atoms with Crippen molar-refractivity contribution in [3.8, 4) is 0 Å². The first-order valence-corrected chi connectivity index (χ1v) is 5.39. The number of rotatable bonds is 5. The van der Waals surface area contributed by atoms with Crippen LogP contribution in [0.15, 0.2) is 0 Å². The molecular weight excluding hydrogens is 236 g/mol. The van der Waals surface area contributed by atoms with Gasteiger partial charge in [-0.3, -0.25) is 4.90 Å². The van der Waals surface area contributed by atoms with Crippen LogP contribution in [-0.4, -0.2) is 60.5 Å². The van der Waals surface area contributed by atoms with E-state index in [0.29, 0.717) is 6.54 Å². The zero-order chi connectivity index (χ0) is 13.1. The van der Waals surface area contributed by atoms with Crippen LogP contribution in [0.2, 0.25) is 0 Å². The lowest BCUT2D eigenvalue weighted by molar-refractivity contribution is -0.304. The summed E-state index contributed by atoms with van der Waals surface area (Å²) in [4.78, 5) is 11.8. The second kappa shape index (κ2) is 5.70. The van der Waals surface area contributed by atoms with Gasteiger partial charge >= 0.3 is 12.1 Å². The highest BCUT2D eigenvalue weighted by atomic mass is 19.3. The summed E-state index contributed by atoms with van der Waals surface area (Å²) >= 11 is 0. The standard InChI is InChI=1S/C10H17F2NO4/c1-7(2)13-3-8(4-16-5-9(14)15)17-10(11,12)6-13/h7-8H,3-6H2,1-2H3,(H,14,15). The van der Waals surface area contributed by atoms with E-state index in [1.807, 2.05) is 13.8 Å². The number of carboxylic acids is 1. The molecule has 1 saturated heterocycles. The van der Waals surface area contributed by atoms with Crippen LogP contribution in [0, 0.1) is 0 Å². The van der Waals surface area contributed by atoms with Gasteiger partial charge in [0.15, 0.2) is 0 Å². The van der Waals surface area contributed by atoms with Gasteiger partial charge in [-0.25, -0.2) is 4.79 Å². The third-order valence-electron chi connectivity index (χ3n) is 2.42. The van der Waals surface area contributed by atoms with Crippen LogP contribution in [-0.2, 0) is 14.3 Å². The van der Waals surface area contributed by atoms with Crippen molar-refractivity contribution in [2.24, 2.45) is 0 Å². The molecular formula is C10H17F2NO4. The number of ether oxygens (including phenoxy) is 2. The minimum Gasteiger partial charge on any atom is -0.480 e. The Bertz CT molecular complexity index is 273. The van der Waals surface area contributed by atoms with Crippen LogP contribution >= 0.6 is 0 Å². The number of hydrogen-bond acceptors (Lipinski definition) is 4. The molecule has 1 heterocycles. The molecule has 0 aromatic rings. The molecule has 17 heavy (non-hydrogen) atoms. The molecule has 0 saturated carbocycles. The summed E-state index contributed by atoms with van der Waals surface area (Å²) in [5, 5.41) is 8.36. The minimum atomic E-state index is -3.21. The Morgan fingerprint density at radius 3 is 2.82 bits per heavy atom. The number of carboxylic acid groups (broad SMARTS) is 1.